The molecule has 1 N–H and O–H groups in total. The van der Waals surface area contributed by atoms with Gasteiger partial charge >= 0.3 is 11.9 Å². The number of rotatable bonds is 9. The maximum Gasteiger partial charge on any atom is 0.341 e. The lowest BCUT2D eigenvalue weighted by Gasteiger charge is -2.22. The Kier molecular flexibility index (Phi) is 9.10. The van der Waals surface area contributed by atoms with Crippen molar-refractivity contribution in [3.63, 3.8) is 0 Å². The normalized spacial score (nSPS) is 14.1. The molecule has 2 aliphatic heterocycles. The molecule has 3 aromatic rings. The van der Waals surface area contributed by atoms with E-state index in [1.54, 1.807) is 12.1 Å². The Balaban J connectivity index is 1.27. The molecule has 2 aromatic carbocycles. The Morgan fingerprint density at radius 2 is 1.77 bits per heavy atom. The summed E-state index contributed by atoms with van der Waals surface area (Å²) < 4.78 is 21.0. The van der Waals surface area contributed by atoms with Crippen molar-refractivity contribution in [3.8, 4) is 11.5 Å². The van der Waals surface area contributed by atoms with Gasteiger partial charge in [-0.2, -0.15) is 0 Å². The number of carbonyl (C=O) groups excluding carboxylic acids is 3. The molecule has 0 aliphatic carbocycles. The van der Waals surface area contributed by atoms with E-state index in [0.29, 0.717) is 42.3 Å². The van der Waals surface area contributed by atoms with Gasteiger partial charge in [0.1, 0.15) is 10.7 Å². The van der Waals surface area contributed by atoms with Gasteiger partial charge in [0.15, 0.2) is 18.1 Å². The van der Waals surface area contributed by atoms with Crippen LogP contribution in [0.5, 0.6) is 11.5 Å². The number of thiophene rings is 1. The third kappa shape index (κ3) is 6.72. The Labute approximate surface area is 251 Å². The average Bonchev–Trinajstić information content (AvgIpc) is 3.47. The highest BCUT2D eigenvalue weighted by atomic mass is 32.1. The highest BCUT2D eigenvalue weighted by molar-refractivity contribution is 7.16. The van der Waals surface area contributed by atoms with E-state index >= 15 is 0 Å². The fraction of sp³-hybridized carbons (Fsp3) is 0.367. The Bertz CT molecular complexity index is 1560. The van der Waals surface area contributed by atoms with Crippen LogP contribution in [0.15, 0.2) is 36.4 Å². The second-order valence-corrected chi connectivity index (χ2v) is 11.4. The van der Waals surface area contributed by atoms with Crippen molar-refractivity contribution in [3.05, 3.63) is 73.6 Å². The molecular weight excluding hydrogens is 578 g/mol. The predicted molar refractivity (Wildman–Crippen MR) is 158 cm³/mol. The van der Waals surface area contributed by atoms with E-state index in [2.05, 4.69) is 5.32 Å². The van der Waals surface area contributed by atoms with Crippen molar-refractivity contribution in [2.75, 3.05) is 43.8 Å². The van der Waals surface area contributed by atoms with Gasteiger partial charge in [-0.3, -0.25) is 14.9 Å². The molecule has 1 fully saturated rings. The number of hydrogen-bond donors (Lipinski definition) is 1. The molecular formula is C30H31N3O9S. The standard InChI is InChI=1S/C30H31N3O9S/c1-18-21(13-19-7-10-24-25(14-19)42-17-41-24)27(30(36)39-2)28(43-18)31-26(34)16-40-29(35)20-8-9-22(23(15-20)33(37)38)32-11-5-3-4-6-12-32/h7-10,14-15H,3-6,11-13,16-17H2,1-2H3,(H,31,34). The summed E-state index contributed by atoms with van der Waals surface area (Å²) in [5, 5.41) is 14.7. The number of anilines is 2. The van der Waals surface area contributed by atoms with Crippen LogP contribution < -0.4 is 19.7 Å². The van der Waals surface area contributed by atoms with Crippen LogP contribution in [0.4, 0.5) is 16.4 Å². The predicted octanol–water partition coefficient (Wildman–Crippen LogP) is 5.25. The van der Waals surface area contributed by atoms with Crippen LogP contribution in [0.25, 0.3) is 0 Å². The molecule has 0 radical (unpaired) electrons. The zero-order chi connectivity index (χ0) is 30.5. The van der Waals surface area contributed by atoms with Gasteiger partial charge in [0.2, 0.25) is 6.79 Å². The van der Waals surface area contributed by atoms with Crippen LogP contribution in [0, 0.1) is 17.0 Å². The number of nitrogens with zero attached hydrogens (tertiary/aromatic N) is 2. The molecule has 0 bridgehead atoms. The summed E-state index contributed by atoms with van der Waals surface area (Å²) in [5.41, 5.74) is 2.00. The van der Waals surface area contributed by atoms with E-state index in [0.717, 1.165) is 36.1 Å². The van der Waals surface area contributed by atoms with Gasteiger partial charge in [-0.1, -0.05) is 18.9 Å². The van der Waals surface area contributed by atoms with Gasteiger partial charge in [-0.25, -0.2) is 9.59 Å². The van der Waals surface area contributed by atoms with E-state index in [1.165, 1.54) is 30.6 Å². The van der Waals surface area contributed by atoms with Gasteiger partial charge < -0.3 is 29.2 Å². The highest BCUT2D eigenvalue weighted by Crippen LogP contribution is 2.38. The van der Waals surface area contributed by atoms with Crippen molar-refractivity contribution in [1.82, 2.24) is 0 Å². The summed E-state index contributed by atoms with van der Waals surface area (Å²) in [6, 6.07) is 9.70. The third-order valence-corrected chi connectivity index (χ3v) is 8.42. The quantitative estimate of drug-likeness (QED) is 0.194. The zero-order valence-electron chi connectivity index (χ0n) is 23.8. The van der Waals surface area contributed by atoms with Crippen LogP contribution in [0.3, 0.4) is 0 Å². The number of aryl methyl sites for hydroxylation is 1. The molecule has 43 heavy (non-hydrogen) atoms. The average molecular weight is 610 g/mol. The number of amides is 1. The lowest BCUT2D eigenvalue weighted by Crippen LogP contribution is -2.25. The second kappa shape index (κ2) is 13.1. The molecule has 226 valence electrons. The van der Waals surface area contributed by atoms with Crippen molar-refractivity contribution in [2.45, 2.75) is 39.0 Å². The molecule has 1 aromatic heterocycles. The molecule has 0 unspecified atom stereocenters. The van der Waals surface area contributed by atoms with Crippen LogP contribution >= 0.6 is 11.3 Å². The van der Waals surface area contributed by atoms with Gasteiger partial charge in [0.05, 0.1) is 23.2 Å². The van der Waals surface area contributed by atoms with E-state index < -0.39 is 29.4 Å². The van der Waals surface area contributed by atoms with Gasteiger partial charge in [0, 0.05) is 24.0 Å². The molecule has 3 heterocycles. The van der Waals surface area contributed by atoms with Crippen molar-refractivity contribution in [2.24, 2.45) is 0 Å². The minimum absolute atomic E-state index is 0.0358. The number of hydrogen-bond acceptors (Lipinski definition) is 11. The van der Waals surface area contributed by atoms with Gasteiger partial charge in [-0.15, -0.1) is 11.3 Å². The number of esters is 2. The third-order valence-electron chi connectivity index (χ3n) is 7.36. The fourth-order valence-corrected chi connectivity index (χ4v) is 6.28. The Hall–Kier alpha value is -4.65. The second-order valence-electron chi connectivity index (χ2n) is 10.2. The zero-order valence-corrected chi connectivity index (χ0v) is 24.6. The maximum atomic E-state index is 12.8. The summed E-state index contributed by atoms with van der Waals surface area (Å²) in [4.78, 5) is 52.4. The smallest absolute Gasteiger partial charge is 0.341 e. The SMILES string of the molecule is COC(=O)c1c(NC(=O)COC(=O)c2ccc(N3CCCCCC3)c([N+](=O)[O-])c2)sc(C)c1Cc1ccc2c(c1)OCO2. The number of nitrogens with one attached hydrogen (secondary N) is 1. The molecule has 5 rings (SSSR count). The minimum Gasteiger partial charge on any atom is -0.465 e. The number of nitro groups is 1. The lowest BCUT2D eigenvalue weighted by atomic mass is 10.0. The van der Waals surface area contributed by atoms with E-state index in [9.17, 15) is 24.5 Å². The highest BCUT2D eigenvalue weighted by Gasteiger charge is 2.26. The largest absolute Gasteiger partial charge is 0.465 e. The summed E-state index contributed by atoms with van der Waals surface area (Å²) >= 11 is 1.20. The van der Waals surface area contributed by atoms with Gasteiger partial charge in [-0.05, 0) is 61.6 Å². The number of fused-ring (bicyclic) bond motifs is 1. The summed E-state index contributed by atoms with van der Waals surface area (Å²) in [6.45, 7) is 2.73. The van der Waals surface area contributed by atoms with Crippen LogP contribution in [0.1, 0.15) is 62.4 Å². The fourth-order valence-electron chi connectivity index (χ4n) is 5.21. The first kappa shape index (κ1) is 29.8. The summed E-state index contributed by atoms with van der Waals surface area (Å²) in [7, 11) is 1.25. The molecule has 1 amide bonds. The van der Waals surface area contributed by atoms with E-state index in [1.807, 2.05) is 24.0 Å². The number of ether oxygens (including phenoxy) is 4. The molecule has 12 nitrogen and oxygen atoms in total. The molecule has 2 aliphatic rings. The Morgan fingerprint density at radius 1 is 1.02 bits per heavy atom. The minimum atomic E-state index is -0.875. The van der Waals surface area contributed by atoms with Crippen LogP contribution in [-0.4, -0.2) is 56.4 Å². The monoisotopic (exact) mass is 609 g/mol. The molecule has 0 saturated carbocycles. The maximum absolute atomic E-state index is 12.8. The van der Waals surface area contributed by atoms with Crippen LogP contribution in [0.2, 0.25) is 0 Å². The number of carbonyl (C=O) groups is 3. The molecule has 13 heteroatoms. The van der Waals surface area contributed by atoms with Gasteiger partial charge in [0.25, 0.3) is 11.6 Å². The first-order chi connectivity index (χ1) is 20.7. The van der Waals surface area contributed by atoms with Crippen molar-refractivity contribution >= 4 is 45.6 Å². The Morgan fingerprint density at radius 3 is 2.49 bits per heavy atom. The van der Waals surface area contributed by atoms with Crippen molar-refractivity contribution < 1.29 is 38.3 Å². The molecule has 1 saturated heterocycles. The summed E-state index contributed by atoms with van der Waals surface area (Å²) in [6.07, 6.45) is 4.41. The number of nitro benzene ring substituents is 1. The first-order valence-corrected chi connectivity index (χ1v) is 14.7. The molecule has 0 atom stereocenters. The van der Waals surface area contributed by atoms with Crippen LogP contribution in [-0.2, 0) is 20.7 Å². The first-order valence-electron chi connectivity index (χ1n) is 13.8. The molecule has 0 spiro atoms. The number of benzene rings is 2. The van der Waals surface area contributed by atoms with E-state index in [-0.39, 0.29) is 28.6 Å². The summed E-state index contributed by atoms with van der Waals surface area (Å²) in [5.74, 6) is -0.916. The lowest BCUT2D eigenvalue weighted by molar-refractivity contribution is -0.384. The van der Waals surface area contributed by atoms with Crippen molar-refractivity contribution in [1.29, 1.82) is 0 Å². The topological polar surface area (TPSA) is 147 Å². The van der Waals surface area contributed by atoms with E-state index in [4.69, 9.17) is 18.9 Å². The number of methoxy groups -OCH3 is 1.